The number of ether oxygens (including phenoxy) is 1. The molecule has 0 spiro atoms. The smallest absolute Gasteiger partial charge is 0.219 e. The molecule has 1 aromatic carbocycles. The first-order valence-corrected chi connectivity index (χ1v) is 10.4. The Kier molecular flexibility index (Phi) is 10.3. The Labute approximate surface area is 195 Å². The summed E-state index contributed by atoms with van der Waals surface area (Å²) in [7, 11) is 0. The van der Waals surface area contributed by atoms with Crippen LogP contribution in [0.4, 0.5) is 4.39 Å². The number of morpholine rings is 1. The van der Waals surface area contributed by atoms with E-state index in [9.17, 15) is 9.18 Å². The van der Waals surface area contributed by atoms with Crippen LogP contribution in [0.1, 0.15) is 25.5 Å². The van der Waals surface area contributed by atoms with Gasteiger partial charge in [0.25, 0.3) is 0 Å². The van der Waals surface area contributed by atoms with Gasteiger partial charge in [0.05, 0.1) is 25.8 Å². The molecule has 1 aromatic rings. The van der Waals surface area contributed by atoms with Gasteiger partial charge in [-0.1, -0.05) is 12.1 Å². The van der Waals surface area contributed by atoms with Crippen molar-refractivity contribution in [2.24, 2.45) is 4.99 Å². The normalized spacial score (nSPS) is 19.2. The van der Waals surface area contributed by atoms with Crippen molar-refractivity contribution in [2.45, 2.75) is 19.9 Å². The van der Waals surface area contributed by atoms with E-state index in [0.29, 0.717) is 32.8 Å². The van der Waals surface area contributed by atoms with Crippen molar-refractivity contribution in [2.75, 3.05) is 65.6 Å². The molecule has 0 bridgehead atoms. The second-order valence-electron chi connectivity index (χ2n) is 7.41. The van der Waals surface area contributed by atoms with Crippen molar-refractivity contribution >= 4 is 35.8 Å². The van der Waals surface area contributed by atoms with Gasteiger partial charge in [0.15, 0.2) is 5.96 Å². The number of nitrogens with one attached hydrogen (secondary N) is 1. The molecule has 0 aliphatic carbocycles. The fourth-order valence-corrected chi connectivity index (χ4v) is 3.87. The Morgan fingerprint density at radius 1 is 1.17 bits per heavy atom. The largest absolute Gasteiger partial charge is 0.379 e. The van der Waals surface area contributed by atoms with E-state index in [1.165, 1.54) is 6.07 Å². The topological polar surface area (TPSA) is 60.4 Å². The molecule has 30 heavy (non-hydrogen) atoms. The summed E-state index contributed by atoms with van der Waals surface area (Å²) in [6.07, 6.45) is 0. The van der Waals surface area contributed by atoms with E-state index in [0.717, 1.165) is 44.2 Å². The molecule has 1 unspecified atom stereocenters. The first-order valence-electron chi connectivity index (χ1n) is 10.4. The predicted octanol–water partition coefficient (Wildman–Crippen LogP) is 1.95. The van der Waals surface area contributed by atoms with Gasteiger partial charge in [0.2, 0.25) is 5.91 Å². The van der Waals surface area contributed by atoms with Crippen LogP contribution in [0.3, 0.4) is 0 Å². The molecule has 0 saturated carbocycles. The molecule has 1 N–H and O–H groups in total. The summed E-state index contributed by atoms with van der Waals surface area (Å²) in [5.74, 6) is 0.743. The molecular weight excluding hydrogens is 500 g/mol. The highest BCUT2D eigenvalue weighted by Crippen LogP contribution is 2.23. The van der Waals surface area contributed by atoms with Gasteiger partial charge in [-0.3, -0.25) is 14.7 Å². The van der Waals surface area contributed by atoms with E-state index in [2.05, 4.69) is 15.1 Å². The highest BCUT2D eigenvalue weighted by atomic mass is 127. The van der Waals surface area contributed by atoms with Crippen LogP contribution in [-0.2, 0) is 9.53 Å². The van der Waals surface area contributed by atoms with Gasteiger partial charge < -0.3 is 19.9 Å². The molecule has 0 aromatic heterocycles. The van der Waals surface area contributed by atoms with Gasteiger partial charge in [-0.15, -0.1) is 24.0 Å². The number of piperazine rings is 1. The number of nitrogens with zero attached hydrogens (tertiary/aromatic N) is 4. The lowest BCUT2D eigenvalue weighted by Gasteiger charge is -2.37. The molecule has 3 rings (SSSR count). The van der Waals surface area contributed by atoms with Crippen molar-refractivity contribution in [3.8, 4) is 0 Å². The molecule has 1 atom stereocenters. The fourth-order valence-electron chi connectivity index (χ4n) is 3.87. The molecule has 2 saturated heterocycles. The van der Waals surface area contributed by atoms with Gasteiger partial charge in [-0.2, -0.15) is 0 Å². The number of amides is 1. The summed E-state index contributed by atoms with van der Waals surface area (Å²) in [6.45, 7) is 10.9. The van der Waals surface area contributed by atoms with Crippen LogP contribution >= 0.6 is 24.0 Å². The Hall–Kier alpha value is -1.46. The maximum Gasteiger partial charge on any atom is 0.219 e. The molecule has 2 aliphatic rings. The van der Waals surface area contributed by atoms with E-state index in [4.69, 9.17) is 9.73 Å². The van der Waals surface area contributed by atoms with Crippen molar-refractivity contribution in [3.05, 3.63) is 35.6 Å². The van der Waals surface area contributed by atoms with Crippen molar-refractivity contribution in [1.29, 1.82) is 0 Å². The summed E-state index contributed by atoms with van der Waals surface area (Å²) >= 11 is 0. The van der Waals surface area contributed by atoms with E-state index >= 15 is 0 Å². The third-order valence-corrected chi connectivity index (χ3v) is 5.49. The molecule has 168 valence electrons. The second kappa shape index (κ2) is 12.4. The Morgan fingerprint density at radius 3 is 2.43 bits per heavy atom. The number of carbonyl (C=O) groups excluding carboxylic acids is 1. The minimum atomic E-state index is -0.225. The minimum Gasteiger partial charge on any atom is -0.379 e. The third kappa shape index (κ3) is 6.78. The Morgan fingerprint density at radius 2 is 1.83 bits per heavy atom. The fraction of sp³-hybridized carbons (Fsp3) is 0.619. The number of hydrogen-bond acceptors (Lipinski definition) is 4. The molecular formula is C21H33FIN5O2. The average Bonchev–Trinajstić information content (AvgIpc) is 2.74. The first-order chi connectivity index (χ1) is 14.1. The van der Waals surface area contributed by atoms with E-state index in [1.54, 1.807) is 19.1 Å². The number of hydrogen-bond donors (Lipinski definition) is 1. The van der Waals surface area contributed by atoms with E-state index < -0.39 is 0 Å². The van der Waals surface area contributed by atoms with Crippen molar-refractivity contribution in [1.82, 2.24) is 20.0 Å². The van der Waals surface area contributed by atoms with Crippen LogP contribution < -0.4 is 5.32 Å². The van der Waals surface area contributed by atoms with Gasteiger partial charge in [-0.05, 0) is 24.6 Å². The number of carbonyl (C=O) groups is 1. The number of halogens is 2. The molecule has 0 radical (unpaired) electrons. The summed E-state index contributed by atoms with van der Waals surface area (Å²) in [6, 6.07) is 6.81. The highest BCUT2D eigenvalue weighted by molar-refractivity contribution is 14.0. The van der Waals surface area contributed by atoms with Crippen LogP contribution in [0.25, 0.3) is 0 Å². The maximum atomic E-state index is 13.9. The first kappa shape index (κ1) is 24.8. The molecule has 9 heteroatoms. The van der Waals surface area contributed by atoms with Gasteiger partial charge in [0.1, 0.15) is 5.82 Å². The standard InChI is InChI=1S/C21H32FN5O2.HI/c1-3-23-21(27-9-7-25(8-10-27)17(2)28)24-16-20(26-11-13-29-14-12-26)18-5-4-6-19(22)15-18;/h4-6,15,20H,3,7-14,16H2,1-2H3,(H,23,24);1H. The van der Waals surface area contributed by atoms with Gasteiger partial charge >= 0.3 is 0 Å². The number of aliphatic imine (C=N–C) groups is 1. The van der Waals surface area contributed by atoms with E-state index in [-0.39, 0.29) is 41.7 Å². The zero-order valence-corrected chi connectivity index (χ0v) is 20.2. The summed E-state index contributed by atoms with van der Waals surface area (Å²) in [5, 5.41) is 3.37. The average molecular weight is 533 g/mol. The van der Waals surface area contributed by atoms with Gasteiger partial charge in [-0.25, -0.2) is 4.39 Å². The summed E-state index contributed by atoms with van der Waals surface area (Å²) in [4.78, 5) is 22.9. The Balaban J connectivity index is 0.00000320. The molecule has 2 fully saturated rings. The molecule has 7 nitrogen and oxygen atoms in total. The van der Waals surface area contributed by atoms with Crippen LogP contribution in [0.5, 0.6) is 0 Å². The summed E-state index contributed by atoms with van der Waals surface area (Å²) in [5.41, 5.74) is 0.938. The second-order valence-corrected chi connectivity index (χ2v) is 7.41. The quantitative estimate of drug-likeness (QED) is 0.357. The number of guanidine groups is 1. The zero-order chi connectivity index (χ0) is 20.6. The van der Waals surface area contributed by atoms with Gasteiger partial charge in [0, 0.05) is 52.7 Å². The zero-order valence-electron chi connectivity index (χ0n) is 17.8. The predicted molar refractivity (Wildman–Crippen MR) is 127 cm³/mol. The van der Waals surface area contributed by atoms with Crippen LogP contribution in [-0.4, -0.2) is 92.1 Å². The lowest BCUT2D eigenvalue weighted by atomic mass is 10.0. The van der Waals surface area contributed by atoms with E-state index in [1.807, 2.05) is 17.9 Å². The SMILES string of the molecule is CCNC(=NCC(c1cccc(F)c1)N1CCOCC1)N1CCN(C(C)=O)CC1.I. The number of benzene rings is 1. The van der Waals surface area contributed by atoms with Crippen LogP contribution in [0, 0.1) is 5.82 Å². The molecule has 2 aliphatic heterocycles. The van der Waals surface area contributed by atoms with Crippen molar-refractivity contribution in [3.63, 3.8) is 0 Å². The van der Waals surface area contributed by atoms with Crippen LogP contribution in [0.2, 0.25) is 0 Å². The number of rotatable bonds is 5. The monoisotopic (exact) mass is 533 g/mol. The highest BCUT2D eigenvalue weighted by Gasteiger charge is 2.25. The molecule has 2 heterocycles. The van der Waals surface area contributed by atoms with Crippen LogP contribution in [0.15, 0.2) is 29.3 Å². The third-order valence-electron chi connectivity index (χ3n) is 5.49. The lowest BCUT2D eigenvalue weighted by Crippen LogP contribution is -2.53. The summed E-state index contributed by atoms with van der Waals surface area (Å²) < 4.78 is 19.4. The van der Waals surface area contributed by atoms with Crippen molar-refractivity contribution < 1.29 is 13.9 Å². The Bertz CT molecular complexity index is 706. The molecule has 1 amide bonds. The lowest BCUT2D eigenvalue weighted by molar-refractivity contribution is -0.130. The maximum absolute atomic E-state index is 13.9. The minimum absolute atomic E-state index is 0.